The third kappa shape index (κ3) is 10.1. The molecule has 1 amide bonds. The zero-order chi connectivity index (χ0) is 26.1. The van der Waals surface area contributed by atoms with Gasteiger partial charge < -0.3 is 14.8 Å². The van der Waals surface area contributed by atoms with E-state index in [2.05, 4.69) is 52.9 Å². The zero-order valence-corrected chi connectivity index (χ0v) is 23.4. The van der Waals surface area contributed by atoms with Gasteiger partial charge in [-0.1, -0.05) is 49.2 Å². The fourth-order valence-corrected chi connectivity index (χ4v) is 3.65. The quantitative estimate of drug-likeness (QED) is 0.214. The number of carbonyl (C=O) groups excluding carboxylic acids is 1. The Hall–Kier alpha value is -2.17. The van der Waals surface area contributed by atoms with Crippen molar-refractivity contribution in [2.24, 2.45) is 0 Å². The van der Waals surface area contributed by atoms with E-state index in [4.69, 9.17) is 32.7 Å². The third-order valence-corrected chi connectivity index (χ3v) is 6.63. The van der Waals surface area contributed by atoms with Gasteiger partial charge in [-0.2, -0.15) is 0 Å². The molecule has 0 aliphatic rings. The molecule has 0 saturated carbocycles. The molecule has 2 aromatic carbocycles. The normalized spacial score (nSPS) is 12.1. The average Bonchev–Trinajstić information content (AvgIpc) is 2.79. The van der Waals surface area contributed by atoms with E-state index < -0.39 is 0 Å². The van der Waals surface area contributed by atoms with Crippen molar-refractivity contribution in [1.82, 2.24) is 5.32 Å². The molecule has 192 valence electrons. The summed E-state index contributed by atoms with van der Waals surface area (Å²) in [6, 6.07) is 11.3. The molecule has 0 bridgehead atoms. The van der Waals surface area contributed by atoms with E-state index >= 15 is 0 Å². The summed E-state index contributed by atoms with van der Waals surface area (Å²) in [4.78, 5) is 12.1. The zero-order valence-electron chi connectivity index (χ0n) is 21.8. The number of unbranched alkanes of at least 4 members (excludes halogenated alkanes) is 1. The number of benzene rings is 2. The maximum atomic E-state index is 12.1. The topological polar surface area (TPSA) is 47.6 Å². The first-order valence-corrected chi connectivity index (χ1v) is 13.1. The highest BCUT2D eigenvalue weighted by Gasteiger charge is 2.21. The van der Waals surface area contributed by atoms with Crippen LogP contribution in [0.5, 0.6) is 11.5 Å². The van der Waals surface area contributed by atoms with E-state index in [0.717, 1.165) is 54.7 Å². The number of carbonyl (C=O) groups is 1. The molecule has 2 aromatic rings. The Morgan fingerprint density at radius 1 is 0.943 bits per heavy atom. The van der Waals surface area contributed by atoms with Gasteiger partial charge in [0.1, 0.15) is 22.7 Å². The number of amides is 1. The lowest BCUT2D eigenvalue weighted by Gasteiger charge is -2.29. The van der Waals surface area contributed by atoms with Crippen molar-refractivity contribution in [1.29, 1.82) is 0 Å². The molecular formula is C29H39Cl2NO3. The van der Waals surface area contributed by atoms with Crippen molar-refractivity contribution in [3.05, 3.63) is 63.6 Å². The lowest BCUT2D eigenvalue weighted by Crippen LogP contribution is -2.28. The monoisotopic (exact) mass is 519 g/mol. The van der Waals surface area contributed by atoms with Gasteiger partial charge in [-0.3, -0.25) is 4.79 Å². The lowest BCUT2D eigenvalue weighted by atomic mass is 10.0. The van der Waals surface area contributed by atoms with Crippen LogP contribution in [-0.4, -0.2) is 23.7 Å². The SMILES string of the molecule is CCC(C)(C)Oc1ccc(CCCCNC(=O)/C=C/c2ccc(Cl)cc2Cl)c(OC(C)(C)CC)c1. The Kier molecular flexibility index (Phi) is 11.0. The van der Waals surface area contributed by atoms with Gasteiger partial charge >= 0.3 is 0 Å². The molecule has 0 aliphatic carbocycles. The number of nitrogens with one attached hydrogen (secondary N) is 1. The van der Waals surface area contributed by atoms with Crippen molar-refractivity contribution in [2.45, 2.75) is 84.8 Å². The summed E-state index contributed by atoms with van der Waals surface area (Å²) in [6.45, 7) is 13.2. The number of rotatable bonds is 13. The first-order chi connectivity index (χ1) is 16.4. The first-order valence-electron chi connectivity index (χ1n) is 12.4. The van der Waals surface area contributed by atoms with Crippen LogP contribution in [0.15, 0.2) is 42.5 Å². The molecular weight excluding hydrogens is 481 g/mol. The van der Waals surface area contributed by atoms with Crippen molar-refractivity contribution < 1.29 is 14.3 Å². The van der Waals surface area contributed by atoms with Crippen LogP contribution >= 0.6 is 23.2 Å². The fourth-order valence-electron chi connectivity index (χ4n) is 3.17. The molecule has 0 heterocycles. The summed E-state index contributed by atoms with van der Waals surface area (Å²) < 4.78 is 12.6. The van der Waals surface area contributed by atoms with Crippen LogP contribution in [0.2, 0.25) is 10.0 Å². The molecule has 2 rings (SSSR count). The molecule has 0 saturated heterocycles. The van der Waals surface area contributed by atoms with Crippen LogP contribution < -0.4 is 14.8 Å². The molecule has 0 aromatic heterocycles. The van der Waals surface area contributed by atoms with E-state index in [0.29, 0.717) is 16.6 Å². The van der Waals surface area contributed by atoms with Crippen LogP contribution in [0.4, 0.5) is 0 Å². The van der Waals surface area contributed by atoms with Gasteiger partial charge in [-0.25, -0.2) is 0 Å². The van der Waals surface area contributed by atoms with E-state index in [1.165, 1.54) is 6.08 Å². The maximum Gasteiger partial charge on any atom is 0.243 e. The standard InChI is InChI=1S/C29H39Cl2NO3/c1-7-28(3,4)34-24-16-13-22(26(20-24)35-29(5,6)8-2)11-9-10-18-32-27(33)17-14-21-12-15-23(30)19-25(21)31/h12-17,19-20H,7-11,18H2,1-6H3,(H,32,33)/b17-14+. The maximum absolute atomic E-state index is 12.1. The van der Waals surface area contributed by atoms with E-state index in [9.17, 15) is 4.79 Å². The number of ether oxygens (including phenoxy) is 2. The highest BCUT2D eigenvalue weighted by Crippen LogP contribution is 2.32. The number of aryl methyl sites for hydroxylation is 1. The van der Waals surface area contributed by atoms with Crippen LogP contribution in [0.3, 0.4) is 0 Å². The highest BCUT2D eigenvalue weighted by atomic mass is 35.5. The fraction of sp³-hybridized carbons (Fsp3) is 0.483. The van der Waals surface area contributed by atoms with Gasteiger partial charge in [0, 0.05) is 28.7 Å². The predicted octanol–water partition coefficient (Wildman–Crippen LogP) is 8.28. The summed E-state index contributed by atoms with van der Waals surface area (Å²) in [5, 5.41) is 4.01. The molecule has 35 heavy (non-hydrogen) atoms. The average molecular weight is 521 g/mol. The second-order valence-electron chi connectivity index (χ2n) is 9.95. The third-order valence-electron chi connectivity index (χ3n) is 6.07. The van der Waals surface area contributed by atoms with Gasteiger partial charge in [0.2, 0.25) is 5.91 Å². The van der Waals surface area contributed by atoms with Crippen molar-refractivity contribution >= 4 is 35.2 Å². The van der Waals surface area contributed by atoms with Crippen LogP contribution in [0.1, 0.15) is 78.4 Å². The molecule has 0 atom stereocenters. The van der Waals surface area contributed by atoms with Gasteiger partial charge in [0.25, 0.3) is 0 Å². The first kappa shape index (κ1) is 29.1. The Morgan fingerprint density at radius 2 is 1.63 bits per heavy atom. The predicted molar refractivity (Wildman–Crippen MR) is 148 cm³/mol. The smallest absolute Gasteiger partial charge is 0.243 e. The molecule has 6 heteroatoms. The largest absolute Gasteiger partial charge is 0.488 e. The van der Waals surface area contributed by atoms with Crippen LogP contribution in [0.25, 0.3) is 6.08 Å². The number of hydrogen-bond donors (Lipinski definition) is 1. The van der Waals surface area contributed by atoms with Crippen LogP contribution in [0, 0.1) is 0 Å². The Labute approximate surface area is 221 Å². The minimum atomic E-state index is -0.263. The molecule has 0 unspecified atom stereocenters. The second kappa shape index (κ2) is 13.2. The van der Waals surface area contributed by atoms with Crippen LogP contribution in [-0.2, 0) is 11.2 Å². The van der Waals surface area contributed by atoms with E-state index in [-0.39, 0.29) is 17.1 Å². The molecule has 1 N–H and O–H groups in total. The molecule has 0 fully saturated rings. The van der Waals surface area contributed by atoms with Gasteiger partial charge in [-0.15, -0.1) is 0 Å². The number of halogens is 2. The van der Waals surface area contributed by atoms with Gasteiger partial charge in [0.05, 0.1) is 0 Å². The van der Waals surface area contributed by atoms with Crippen molar-refractivity contribution in [3.8, 4) is 11.5 Å². The molecule has 0 aliphatic heterocycles. The summed E-state index contributed by atoms with van der Waals surface area (Å²) in [6.07, 6.45) is 7.65. The second-order valence-corrected chi connectivity index (χ2v) is 10.8. The lowest BCUT2D eigenvalue weighted by molar-refractivity contribution is -0.116. The van der Waals surface area contributed by atoms with Crippen molar-refractivity contribution in [2.75, 3.05) is 6.54 Å². The highest BCUT2D eigenvalue weighted by molar-refractivity contribution is 6.35. The van der Waals surface area contributed by atoms with E-state index in [1.54, 1.807) is 24.3 Å². The van der Waals surface area contributed by atoms with E-state index in [1.807, 2.05) is 12.1 Å². The summed E-state index contributed by atoms with van der Waals surface area (Å²) in [5.74, 6) is 1.54. The molecule has 4 nitrogen and oxygen atoms in total. The summed E-state index contributed by atoms with van der Waals surface area (Å²) >= 11 is 12.0. The van der Waals surface area contributed by atoms with Crippen molar-refractivity contribution in [3.63, 3.8) is 0 Å². The Bertz CT molecular complexity index is 1010. The summed E-state index contributed by atoms with van der Waals surface area (Å²) in [5.41, 5.74) is 1.41. The Morgan fingerprint density at radius 3 is 2.29 bits per heavy atom. The minimum absolute atomic E-state index is 0.148. The summed E-state index contributed by atoms with van der Waals surface area (Å²) in [7, 11) is 0. The van der Waals surface area contributed by atoms with Gasteiger partial charge in [-0.05, 0) is 95.2 Å². The molecule has 0 spiro atoms. The minimum Gasteiger partial charge on any atom is -0.488 e. The Balaban J connectivity index is 1.92. The number of hydrogen-bond acceptors (Lipinski definition) is 3. The van der Waals surface area contributed by atoms with Gasteiger partial charge in [0.15, 0.2) is 0 Å². The molecule has 0 radical (unpaired) electrons.